The van der Waals surface area contributed by atoms with Gasteiger partial charge in [0.25, 0.3) is 21.9 Å². The van der Waals surface area contributed by atoms with Gasteiger partial charge in [0.05, 0.1) is 31.6 Å². The van der Waals surface area contributed by atoms with Crippen LogP contribution in [-0.4, -0.2) is 77.8 Å². The number of pyridine rings is 1. The fourth-order valence-corrected chi connectivity index (χ4v) is 3.87. The van der Waals surface area contributed by atoms with Crippen molar-refractivity contribution in [3.8, 4) is 17.0 Å². The summed E-state index contributed by atoms with van der Waals surface area (Å²) in [5.41, 5.74) is 6.55. The molecule has 15 heteroatoms. The second kappa shape index (κ2) is 15.6. The van der Waals surface area contributed by atoms with Gasteiger partial charge in [-0.25, -0.2) is 9.78 Å². The summed E-state index contributed by atoms with van der Waals surface area (Å²) in [7, 11) is -2.28. The van der Waals surface area contributed by atoms with Crippen molar-refractivity contribution in [3.05, 3.63) is 77.0 Å². The Morgan fingerprint density at radius 1 is 1.02 bits per heavy atom. The Morgan fingerprint density at radius 3 is 2.09 bits per heavy atom. The minimum atomic E-state index is -3.67. The van der Waals surface area contributed by atoms with Crippen molar-refractivity contribution in [2.45, 2.75) is 26.3 Å². The SMILES string of the molecule is CCC(C)C(CO)NC(=O)c1ccc(-c2ccc(OC)nc2C(=O)Nc2ccc(C(=N)N)cc2)c(C(=O)O)c1.CS(=O)(=O)O. The van der Waals surface area contributed by atoms with Crippen molar-refractivity contribution < 1.29 is 42.3 Å². The van der Waals surface area contributed by atoms with Crippen LogP contribution in [0.2, 0.25) is 0 Å². The molecule has 0 bridgehead atoms. The molecule has 2 unspecified atom stereocenters. The molecule has 2 amide bonds. The highest BCUT2D eigenvalue weighted by Crippen LogP contribution is 2.30. The lowest BCUT2D eigenvalue weighted by Crippen LogP contribution is -2.41. The summed E-state index contributed by atoms with van der Waals surface area (Å²) >= 11 is 0. The number of nitrogens with two attached hydrogens (primary N) is 1. The quantitative estimate of drug-likeness (QED) is 0.0923. The molecule has 2 atom stereocenters. The van der Waals surface area contributed by atoms with Gasteiger partial charge < -0.3 is 31.3 Å². The van der Waals surface area contributed by atoms with E-state index < -0.39 is 33.9 Å². The third kappa shape index (κ3) is 10.1. The maximum atomic E-state index is 13.3. The van der Waals surface area contributed by atoms with Gasteiger partial charge in [-0.2, -0.15) is 8.42 Å². The number of carbonyl (C=O) groups is 3. The number of aliphatic hydroxyl groups excluding tert-OH is 1. The van der Waals surface area contributed by atoms with Crippen LogP contribution in [0, 0.1) is 11.3 Å². The summed E-state index contributed by atoms with van der Waals surface area (Å²) in [6, 6.07) is 13.0. The highest BCUT2D eigenvalue weighted by atomic mass is 32.2. The van der Waals surface area contributed by atoms with Gasteiger partial charge in [-0.3, -0.25) is 19.6 Å². The minimum Gasteiger partial charge on any atom is -0.481 e. The normalized spacial score (nSPS) is 12.1. The highest BCUT2D eigenvalue weighted by Gasteiger charge is 2.24. The summed E-state index contributed by atoms with van der Waals surface area (Å²) in [4.78, 5) is 42.6. The number of aromatic carboxylic acids is 1. The van der Waals surface area contributed by atoms with Crippen LogP contribution in [0.3, 0.4) is 0 Å². The molecule has 0 fully saturated rings. The number of anilines is 1. The Bertz CT molecular complexity index is 1620. The van der Waals surface area contributed by atoms with Crippen molar-refractivity contribution in [1.82, 2.24) is 10.3 Å². The number of benzene rings is 2. The van der Waals surface area contributed by atoms with E-state index in [1.54, 1.807) is 24.3 Å². The van der Waals surface area contributed by atoms with E-state index in [-0.39, 0.29) is 52.2 Å². The van der Waals surface area contributed by atoms with Crippen molar-refractivity contribution in [2.75, 3.05) is 25.3 Å². The summed E-state index contributed by atoms with van der Waals surface area (Å²) in [5.74, 6) is -2.41. The van der Waals surface area contributed by atoms with Crippen LogP contribution in [0.1, 0.15) is 57.0 Å². The van der Waals surface area contributed by atoms with Crippen molar-refractivity contribution in [3.63, 3.8) is 0 Å². The second-order valence-corrected chi connectivity index (χ2v) is 11.1. The number of nitrogen functional groups attached to an aromatic ring is 1. The molecule has 2 aromatic carbocycles. The number of aliphatic hydroxyl groups is 1. The van der Waals surface area contributed by atoms with E-state index in [1.807, 2.05) is 13.8 Å². The number of hydrogen-bond donors (Lipinski definition) is 7. The molecular formula is C29H35N5O9S. The number of rotatable bonds is 11. The lowest BCUT2D eigenvalue weighted by atomic mass is 9.95. The molecule has 236 valence electrons. The van der Waals surface area contributed by atoms with E-state index in [2.05, 4.69) is 15.6 Å². The van der Waals surface area contributed by atoms with Gasteiger partial charge >= 0.3 is 5.97 Å². The van der Waals surface area contributed by atoms with E-state index in [4.69, 9.17) is 20.4 Å². The molecule has 0 radical (unpaired) electrons. The summed E-state index contributed by atoms with van der Waals surface area (Å²) in [6.07, 6.45) is 1.45. The summed E-state index contributed by atoms with van der Waals surface area (Å²) in [6.45, 7) is 3.58. The maximum absolute atomic E-state index is 13.3. The van der Waals surface area contributed by atoms with Crippen LogP contribution in [0.4, 0.5) is 5.69 Å². The number of carboxylic acids is 1. The number of hydrogen-bond acceptors (Lipinski definition) is 9. The standard InChI is InChI=1S/C28H31N5O6.CH4O3S/c1-4-15(2)22(14-34)32-26(35)17-7-10-19(21(13-17)28(37)38)20-11-12-23(39-3)33-24(20)27(36)31-18-8-5-16(6-9-18)25(29)30;1-5(2,3)4/h5-13,15,22,34H,4,14H2,1-3H3,(H3,29,30)(H,31,36)(H,32,35)(H,37,38);1H3,(H,2,3,4). The van der Waals surface area contributed by atoms with Crippen LogP contribution < -0.4 is 21.1 Å². The molecular weight excluding hydrogens is 594 g/mol. The van der Waals surface area contributed by atoms with Gasteiger partial charge in [-0.05, 0) is 53.9 Å². The number of nitrogens with zero attached hydrogens (tertiary/aromatic N) is 1. The van der Waals surface area contributed by atoms with Gasteiger partial charge in [0.15, 0.2) is 0 Å². The Hall–Kier alpha value is -4.86. The smallest absolute Gasteiger partial charge is 0.336 e. The summed E-state index contributed by atoms with van der Waals surface area (Å²) < 4.78 is 31.0. The minimum absolute atomic E-state index is 0.0160. The first kappa shape index (κ1) is 35.3. The zero-order chi connectivity index (χ0) is 33.2. The number of nitrogens with one attached hydrogen (secondary N) is 3. The number of carbonyl (C=O) groups excluding carboxylic acids is 2. The van der Waals surface area contributed by atoms with E-state index >= 15 is 0 Å². The second-order valence-electron chi connectivity index (χ2n) is 9.64. The Labute approximate surface area is 254 Å². The number of amidine groups is 1. The molecule has 3 rings (SSSR count). The molecule has 44 heavy (non-hydrogen) atoms. The predicted molar refractivity (Wildman–Crippen MR) is 164 cm³/mol. The molecule has 0 aliphatic heterocycles. The van der Waals surface area contributed by atoms with Gasteiger partial charge in [0.2, 0.25) is 5.88 Å². The highest BCUT2D eigenvalue weighted by molar-refractivity contribution is 7.85. The van der Waals surface area contributed by atoms with Crippen LogP contribution in [0.5, 0.6) is 5.88 Å². The van der Waals surface area contributed by atoms with Crippen LogP contribution in [-0.2, 0) is 10.1 Å². The molecule has 0 aliphatic rings. The fourth-order valence-electron chi connectivity index (χ4n) is 3.87. The largest absolute Gasteiger partial charge is 0.481 e. The number of aromatic nitrogens is 1. The molecule has 0 saturated heterocycles. The monoisotopic (exact) mass is 629 g/mol. The van der Waals surface area contributed by atoms with Crippen molar-refractivity contribution in [1.29, 1.82) is 5.41 Å². The Kier molecular flexibility index (Phi) is 12.5. The first-order valence-electron chi connectivity index (χ1n) is 13.1. The van der Waals surface area contributed by atoms with E-state index in [1.165, 1.54) is 37.4 Å². The van der Waals surface area contributed by atoms with Gasteiger partial charge in [0, 0.05) is 28.4 Å². The number of carboxylic acid groups (broad SMARTS) is 1. The van der Waals surface area contributed by atoms with Crippen LogP contribution in [0.25, 0.3) is 11.1 Å². The lowest BCUT2D eigenvalue weighted by Gasteiger charge is -2.22. The third-order valence-corrected chi connectivity index (χ3v) is 6.39. The molecule has 8 N–H and O–H groups in total. The van der Waals surface area contributed by atoms with E-state index in [0.717, 1.165) is 6.42 Å². The van der Waals surface area contributed by atoms with Gasteiger partial charge in [0.1, 0.15) is 11.5 Å². The third-order valence-electron chi connectivity index (χ3n) is 6.39. The first-order valence-corrected chi connectivity index (χ1v) is 15.0. The molecule has 3 aromatic rings. The Balaban J connectivity index is 0.00000125. The van der Waals surface area contributed by atoms with Crippen LogP contribution in [0.15, 0.2) is 54.6 Å². The van der Waals surface area contributed by atoms with Crippen molar-refractivity contribution >= 4 is 39.4 Å². The molecule has 1 heterocycles. The fraction of sp³-hybridized carbons (Fsp3) is 0.276. The zero-order valence-corrected chi connectivity index (χ0v) is 25.3. The molecule has 1 aromatic heterocycles. The first-order chi connectivity index (χ1) is 20.6. The average Bonchev–Trinajstić information content (AvgIpc) is 2.98. The van der Waals surface area contributed by atoms with Crippen LogP contribution >= 0.6 is 0 Å². The predicted octanol–water partition coefficient (Wildman–Crippen LogP) is 2.63. The molecule has 14 nitrogen and oxygen atoms in total. The topological polar surface area (TPSA) is 242 Å². The van der Waals surface area contributed by atoms with Crippen molar-refractivity contribution in [2.24, 2.45) is 11.7 Å². The zero-order valence-electron chi connectivity index (χ0n) is 24.5. The number of ether oxygens (including phenoxy) is 1. The van der Waals surface area contributed by atoms with E-state index in [9.17, 15) is 33.0 Å². The average molecular weight is 630 g/mol. The van der Waals surface area contributed by atoms with Gasteiger partial charge in [-0.1, -0.05) is 26.3 Å². The number of amides is 2. The Morgan fingerprint density at radius 2 is 1.59 bits per heavy atom. The molecule has 0 spiro atoms. The van der Waals surface area contributed by atoms with Gasteiger partial charge in [-0.15, -0.1) is 0 Å². The number of methoxy groups -OCH3 is 1. The lowest BCUT2D eigenvalue weighted by molar-refractivity contribution is 0.0697. The summed E-state index contributed by atoms with van der Waals surface area (Å²) in [5, 5.41) is 32.6. The molecule has 0 saturated carbocycles. The van der Waals surface area contributed by atoms with E-state index in [0.29, 0.717) is 17.5 Å². The molecule has 0 aliphatic carbocycles. The maximum Gasteiger partial charge on any atom is 0.336 e.